The van der Waals surface area contributed by atoms with Crippen LogP contribution in [0.15, 0.2) is 30.5 Å². The first-order chi connectivity index (χ1) is 8.83. The monoisotopic (exact) mass is 249 g/mol. The van der Waals surface area contributed by atoms with Gasteiger partial charge in [-0.2, -0.15) is 0 Å². The Hall–Kier alpha value is -1.55. The lowest BCUT2D eigenvalue weighted by molar-refractivity contribution is 0.232. The number of piperazine rings is 1. The maximum atomic E-state index is 12.8. The summed E-state index contributed by atoms with van der Waals surface area (Å²) in [6.07, 6.45) is 2.47. The average Bonchev–Trinajstić information content (AvgIpc) is 2.85. The Morgan fingerprint density at radius 1 is 1.22 bits per heavy atom. The van der Waals surface area contributed by atoms with Crippen LogP contribution >= 0.6 is 0 Å². The molecule has 0 radical (unpaired) electrons. The Kier molecular flexibility index (Phi) is 4.20. The molecule has 3 rings (SSSR count). The lowest BCUT2D eigenvalue weighted by Crippen LogP contribution is -2.51. The topological polar surface area (TPSA) is 27.3 Å². The molecular weight excluding hydrogens is 229 g/mol. The van der Waals surface area contributed by atoms with Gasteiger partial charge in [-0.3, -0.25) is 0 Å². The van der Waals surface area contributed by atoms with Crippen LogP contribution in [0.1, 0.15) is 19.4 Å². The minimum absolute atomic E-state index is 0.193. The van der Waals surface area contributed by atoms with Crippen LogP contribution in [0.5, 0.6) is 0 Å². The van der Waals surface area contributed by atoms with Crippen LogP contribution in [0, 0.1) is 5.82 Å². The molecule has 1 saturated heterocycles. The minimum Gasteiger partial charge on any atom is -0.362 e. The van der Waals surface area contributed by atoms with Gasteiger partial charge in [0.2, 0.25) is 0 Å². The third-order valence-corrected chi connectivity index (χ3v) is 3.06. The Bertz CT molecular complexity index is 414. The molecule has 98 valence electrons. The van der Waals surface area contributed by atoms with E-state index in [0.29, 0.717) is 6.17 Å². The van der Waals surface area contributed by atoms with Gasteiger partial charge >= 0.3 is 0 Å². The summed E-state index contributed by atoms with van der Waals surface area (Å²) >= 11 is 0. The van der Waals surface area contributed by atoms with Crippen molar-refractivity contribution in [3.8, 4) is 0 Å². The summed E-state index contributed by atoms with van der Waals surface area (Å²) < 4.78 is 12.8. The van der Waals surface area contributed by atoms with Gasteiger partial charge in [0.05, 0.1) is 5.70 Å². The van der Waals surface area contributed by atoms with Crippen LogP contribution in [-0.4, -0.2) is 30.7 Å². The second-order valence-electron chi connectivity index (χ2n) is 4.15. The van der Waals surface area contributed by atoms with E-state index in [1.165, 1.54) is 12.1 Å². The molecule has 1 aromatic rings. The van der Waals surface area contributed by atoms with Gasteiger partial charge in [0, 0.05) is 25.8 Å². The zero-order valence-corrected chi connectivity index (χ0v) is 10.9. The van der Waals surface area contributed by atoms with Crippen LogP contribution in [-0.2, 0) is 0 Å². The average molecular weight is 249 g/mol. The highest BCUT2D eigenvalue weighted by molar-refractivity contribution is 5.65. The van der Waals surface area contributed by atoms with E-state index in [4.69, 9.17) is 0 Å². The van der Waals surface area contributed by atoms with E-state index in [-0.39, 0.29) is 5.82 Å². The van der Waals surface area contributed by atoms with E-state index in [1.807, 2.05) is 13.8 Å². The normalized spacial score (nSPS) is 21.4. The maximum absolute atomic E-state index is 12.8. The molecule has 3 nitrogen and oxygen atoms in total. The fourth-order valence-electron chi connectivity index (χ4n) is 2.18. The van der Waals surface area contributed by atoms with Crippen molar-refractivity contribution in [1.29, 1.82) is 0 Å². The van der Waals surface area contributed by atoms with Gasteiger partial charge in [-0.25, -0.2) is 4.39 Å². The standard InChI is InChI=1S/C12H14FN3.C2H6/c13-10-3-1-9(2-4-10)11-8-16-6-5-14-7-12(16)15-11;1-2/h1-4,8,12,14-15H,5-7H2;1-2H3. The highest BCUT2D eigenvalue weighted by Crippen LogP contribution is 2.21. The molecule has 2 N–H and O–H groups in total. The number of hydrogen-bond acceptors (Lipinski definition) is 3. The van der Waals surface area contributed by atoms with Crippen LogP contribution in [0.2, 0.25) is 0 Å². The largest absolute Gasteiger partial charge is 0.362 e. The summed E-state index contributed by atoms with van der Waals surface area (Å²) in [7, 11) is 0. The Morgan fingerprint density at radius 2 is 1.94 bits per heavy atom. The molecule has 1 aromatic carbocycles. The SMILES string of the molecule is CC.Fc1ccc(C2=CN3CCNCC3N2)cc1. The van der Waals surface area contributed by atoms with E-state index in [2.05, 4.69) is 21.7 Å². The minimum atomic E-state index is -0.193. The molecule has 1 unspecified atom stereocenters. The van der Waals surface area contributed by atoms with Gasteiger partial charge in [-0.1, -0.05) is 13.8 Å². The second-order valence-corrected chi connectivity index (χ2v) is 4.15. The first kappa shape index (κ1) is 12.9. The fourth-order valence-corrected chi connectivity index (χ4v) is 2.18. The van der Waals surface area contributed by atoms with Crippen LogP contribution in [0.25, 0.3) is 5.70 Å². The molecule has 0 aromatic heterocycles. The van der Waals surface area contributed by atoms with Gasteiger partial charge in [-0.05, 0) is 29.8 Å². The van der Waals surface area contributed by atoms with E-state index < -0.39 is 0 Å². The molecule has 0 spiro atoms. The number of benzene rings is 1. The van der Waals surface area contributed by atoms with E-state index in [1.54, 1.807) is 12.1 Å². The lowest BCUT2D eigenvalue weighted by atomic mass is 10.2. The first-order valence-electron chi connectivity index (χ1n) is 6.54. The Morgan fingerprint density at radius 3 is 2.61 bits per heavy atom. The third-order valence-electron chi connectivity index (χ3n) is 3.06. The third kappa shape index (κ3) is 2.64. The molecule has 0 aliphatic carbocycles. The fraction of sp³-hybridized carbons (Fsp3) is 0.429. The summed E-state index contributed by atoms with van der Waals surface area (Å²) in [5, 5.41) is 6.77. The van der Waals surface area contributed by atoms with Crippen molar-refractivity contribution in [2.24, 2.45) is 0 Å². The molecule has 1 fully saturated rings. The van der Waals surface area contributed by atoms with Gasteiger partial charge < -0.3 is 15.5 Å². The molecule has 0 bridgehead atoms. The predicted octanol–water partition coefficient (Wildman–Crippen LogP) is 1.98. The molecule has 4 heteroatoms. The quantitative estimate of drug-likeness (QED) is 0.797. The van der Waals surface area contributed by atoms with E-state index in [0.717, 1.165) is 30.9 Å². The van der Waals surface area contributed by atoms with Gasteiger partial charge in [0.1, 0.15) is 12.0 Å². The number of halogens is 1. The van der Waals surface area contributed by atoms with Crippen LogP contribution in [0.3, 0.4) is 0 Å². The molecule has 2 aliphatic heterocycles. The van der Waals surface area contributed by atoms with Crippen molar-refractivity contribution in [2.75, 3.05) is 19.6 Å². The van der Waals surface area contributed by atoms with Crippen LogP contribution < -0.4 is 10.6 Å². The van der Waals surface area contributed by atoms with Gasteiger partial charge in [-0.15, -0.1) is 0 Å². The molecule has 0 saturated carbocycles. The molecule has 1 atom stereocenters. The summed E-state index contributed by atoms with van der Waals surface area (Å²) in [5.74, 6) is -0.193. The summed E-state index contributed by atoms with van der Waals surface area (Å²) in [6.45, 7) is 6.98. The first-order valence-corrected chi connectivity index (χ1v) is 6.54. The van der Waals surface area contributed by atoms with Crippen molar-refractivity contribution in [2.45, 2.75) is 20.0 Å². The van der Waals surface area contributed by atoms with Crippen molar-refractivity contribution in [3.05, 3.63) is 41.8 Å². The van der Waals surface area contributed by atoms with Gasteiger partial charge in [0.25, 0.3) is 0 Å². The van der Waals surface area contributed by atoms with E-state index in [9.17, 15) is 4.39 Å². The Balaban J connectivity index is 0.000000574. The highest BCUT2D eigenvalue weighted by atomic mass is 19.1. The summed E-state index contributed by atoms with van der Waals surface area (Å²) in [6, 6.07) is 6.60. The zero-order chi connectivity index (χ0) is 13.0. The summed E-state index contributed by atoms with van der Waals surface area (Å²) in [4.78, 5) is 2.29. The number of nitrogens with zero attached hydrogens (tertiary/aromatic N) is 1. The molecule has 18 heavy (non-hydrogen) atoms. The summed E-state index contributed by atoms with van der Waals surface area (Å²) in [5.41, 5.74) is 2.12. The predicted molar refractivity (Wildman–Crippen MR) is 72.2 cm³/mol. The molecular formula is C14H20FN3. The zero-order valence-electron chi connectivity index (χ0n) is 10.9. The smallest absolute Gasteiger partial charge is 0.123 e. The molecule has 0 amide bonds. The molecule has 2 aliphatic rings. The number of fused-ring (bicyclic) bond motifs is 1. The highest BCUT2D eigenvalue weighted by Gasteiger charge is 2.26. The van der Waals surface area contributed by atoms with Crippen molar-refractivity contribution in [1.82, 2.24) is 15.5 Å². The van der Waals surface area contributed by atoms with Crippen molar-refractivity contribution in [3.63, 3.8) is 0 Å². The van der Waals surface area contributed by atoms with E-state index >= 15 is 0 Å². The van der Waals surface area contributed by atoms with Crippen LogP contribution in [0.4, 0.5) is 4.39 Å². The number of rotatable bonds is 1. The van der Waals surface area contributed by atoms with Crippen molar-refractivity contribution < 1.29 is 4.39 Å². The second kappa shape index (κ2) is 5.87. The van der Waals surface area contributed by atoms with Crippen molar-refractivity contribution >= 4 is 5.70 Å². The Labute approximate surface area is 108 Å². The lowest BCUT2D eigenvalue weighted by Gasteiger charge is -2.30. The number of nitrogens with one attached hydrogen (secondary N) is 2. The molecule has 2 heterocycles. The van der Waals surface area contributed by atoms with Gasteiger partial charge in [0.15, 0.2) is 0 Å². The maximum Gasteiger partial charge on any atom is 0.123 e. The number of hydrogen-bond donors (Lipinski definition) is 2.